The second-order valence-corrected chi connectivity index (χ2v) is 4.13. The zero-order valence-electron chi connectivity index (χ0n) is 10.5. The summed E-state index contributed by atoms with van der Waals surface area (Å²) in [6, 6.07) is 7.12. The number of fused-ring (bicyclic) bond motifs is 1. The minimum atomic E-state index is -2.97. The Kier molecular flexibility index (Phi) is 3.61. The van der Waals surface area contributed by atoms with Gasteiger partial charge in [-0.3, -0.25) is 0 Å². The van der Waals surface area contributed by atoms with E-state index in [1.807, 2.05) is 6.07 Å². The molecule has 0 fully saturated rings. The monoisotopic (exact) mass is 254 g/mol. The van der Waals surface area contributed by atoms with Crippen LogP contribution < -0.4 is 0 Å². The number of hydrogen-bond acceptors (Lipinski definition) is 2. The maximum Gasteiger partial charge on any atom is 0.307 e. The third-order valence-electron chi connectivity index (χ3n) is 2.88. The zero-order valence-corrected chi connectivity index (χ0v) is 10.5. The molecule has 98 valence electrons. The maximum atomic E-state index is 14.0. The average Bonchev–Trinajstić information content (AvgIpc) is 2.69. The molecule has 0 saturated heterocycles. The molecule has 1 heterocycles. The van der Waals surface area contributed by atoms with Gasteiger partial charge in [0.25, 0.3) is 0 Å². The van der Waals surface area contributed by atoms with Crippen LogP contribution in [-0.4, -0.2) is 22.8 Å². The van der Waals surface area contributed by atoms with Crippen molar-refractivity contribution < 1.29 is 13.5 Å². The van der Waals surface area contributed by atoms with E-state index in [-0.39, 0.29) is 18.9 Å². The van der Waals surface area contributed by atoms with E-state index in [1.165, 1.54) is 4.57 Å². The van der Waals surface area contributed by atoms with E-state index in [0.717, 1.165) is 0 Å². The minimum absolute atomic E-state index is 0.0344. The Morgan fingerprint density at radius 1 is 1.33 bits per heavy atom. The number of nitrogens with zero attached hydrogens (tertiary/aromatic N) is 2. The highest BCUT2D eigenvalue weighted by Gasteiger charge is 2.36. The first-order valence-corrected chi connectivity index (χ1v) is 5.93. The van der Waals surface area contributed by atoms with Crippen molar-refractivity contribution in [2.45, 2.75) is 19.3 Å². The lowest BCUT2D eigenvalue weighted by molar-refractivity contribution is -0.0465. The average molecular weight is 254 g/mol. The highest BCUT2D eigenvalue weighted by molar-refractivity contribution is 5.75. The second kappa shape index (κ2) is 5.02. The molecule has 2 aromatic rings. The van der Waals surface area contributed by atoms with E-state index >= 15 is 0 Å². The molecule has 18 heavy (non-hydrogen) atoms. The predicted octanol–water partition coefficient (Wildman–Crippen LogP) is 3.09. The van der Waals surface area contributed by atoms with Crippen molar-refractivity contribution in [2.75, 3.05) is 13.2 Å². The van der Waals surface area contributed by atoms with Crippen molar-refractivity contribution in [2.24, 2.45) is 7.05 Å². The van der Waals surface area contributed by atoms with Crippen molar-refractivity contribution in [1.29, 1.82) is 0 Å². The lowest BCUT2D eigenvalue weighted by atomic mass is 10.2. The molecular weight excluding hydrogens is 238 g/mol. The molecule has 0 N–H and O–H groups in total. The van der Waals surface area contributed by atoms with E-state index in [4.69, 9.17) is 4.74 Å². The molecule has 0 saturated carbocycles. The van der Waals surface area contributed by atoms with Crippen LogP contribution in [0.1, 0.15) is 19.2 Å². The number of aryl methyl sites for hydroxylation is 1. The Labute approximate surface area is 104 Å². The van der Waals surface area contributed by atoms with Crippen LogP contribution in [0.4, 0.5) is 8.78 Å². The molecule has 3 nitrogen and oxygen atoms in total. The van der Waals surface area contributed by atoms with Gasteiger partial charge in [-0.05, 0) is 19.1 Å². The molecule has 0 aliphatic rings. The summed E-state index contributed by atoms with van der Waals surface area (Å²) < 4.78 is 34.5. The fourth-order valence-electron chi connectivity index (χ4n) is 1.93. The topological polar surface area (TPSA) is 27.1 Å². The predicted molar refractivity (Wildman–Crippen MR) is 65.7 cm³/mol. The van der Waals surface area contributed by atoms with E-state index in [2.05, 4.69) is 4.98 Å². The number of imidazole rings is 1. The zero-order chi connectivity index (χ0) is 13.2. The Hall–Kier alpha value is -1.49. The van der Waals surface area contributed by atoms with Gasteiger partial charge in [-0.2, -0.15) is 8.78 Å². The standard InChI is InChI=1S/C13H16F2N2O/c1-3-18-9-8-13(14,15)12-16-10-6-4-5-7-11(10)17(12)2/h4-7H,3,8-9H2,1-2H3. The molecule has 5 heteroatoms. The van der Waals surface area contributed by atoms with Crippen LogP contribution in [0.15, 0.2) is 24.3 Å². The first kappa shape index (κ1) is 13.0. The van der Waals surface area contributed by atoms with Gasteiger partial charge in [-0.25, -0.2) is 4.98 Å². The van der Waals surface area contributed by atoms with Crippen molar-refractivity contribution in [3.8, 4) is 0 Å². The summed E-state index contributed by atoms with van der Waals surface area (Å²) >= 11 is 0. The summed E-state index contributed by atoms with van der Waals surface area (Å²) in [4.78, 5) is 4.02. The lowest BCUT2D eigenvalue weighted by Crippen LogP contribution is -2.21. The molecule has 1 aromatic heterocycles. The van der Waals surface area contributed by atoms with E-state index in [9.17, 15) is 8.78 Å². The van der Waals surface area contributed by atoms with Gasteiger partial charge in [-0.15, -0.1) is 0 Å². The number of rotatable bonds is 5. The van der Waals surface area contributed by atoms with Crippen LogP contribution >= 0.6 is 0 Å². The Bertz CT molecular complexity index is 537. The molecule has 0 radical (unpaired) electrons. The Balaban J connectivity index is 2.31. The van der Waals surface area contributed by atoms with Gasteiger partial charge in [0.2, 0.25) is 0 Å². The largest absolute Gasteiger partial charge is 0.381 e. The van der Waals surface area contributed by atoms with Crippen LogP contribution in [0, 0.1) is 0 Å². The third-order valence-corrected chi connectivity index (χ3v) is 2.88. The summed E-state index contributed by atoms with van der Waals surface area (Å²) in [5.74, 6) is -3.17. The molecule has 0 aliphatic carbocycles. The summed E-state index contributed by atoms with van der Waals surface area (Å²) in [7, 11) is 1.61. The highest BCUT2D eigenvalue weighted by atomic mass is 19.3. The maximum absolute atomic E-state index is 14.0. The normalized spacial score (nSPS) is 12.2. The SMILES string of the molecule is CCOCCC(F)(F)c1nc2ccccc2n1C. The van der Waals surface area contributed by atoms with Gasteiger partial charge in [0.1, 0.15) is 0 Å². The van der Waals surface area contributed by atoms with Gasteiger partial charge in [0.15, 0.2) is 5.82 Å². The first-order chi connectivity index (χ1) is 8.56. The third kappa shape index (κ3) is 2.36. The van der Waals surface area contributed by atoms with Crippen molar-refractivity contribution >= 4 is 11.0 Å². The summed E-state index contributed by atoms with van der Waals surface area (Å²) in [6.45, 7) is 2.26. The molecule has 0 atom stereocenters. The molecule has 0 aliphatic heterocycles. The van der Waals surface area contributed by atoms with Gasteiger partial charge in [0, 0.05) is 20.1 Å². The van der Waals surface area contributed by atoms with Crippen LogP contribution in [0.25, 0.3) is 11.0 Å². The molecule has 0 amide bonds. The number of ether oxygens (including phenoxy) is 1. The number of para-hydroxylation sites is 2. The lowest BCUT2D eigenvalue weighted by Gasteiger charge is -2.15. The van der Waals surface area contributed by atoms with Gasteiger partial charge >= 0.3 is 5.92 Å². The number of benzene rings is 1. The second-order valence-electron chi connectivity index (χ2n) is 4.13. The fourth-order valence-corrected chi connectivity index (χ4v) is 1.93. The van der Waals surface area contributed by atoms with Crippen molar-refractivity contribution in [3.63, 3.8) is 0 Å². The van der Waals surface area contributed by atoms with E-state index in [0.29, 0.717) is 17.6 Å². The molecule has 0 bridgehead atoms. The van der Waals surface area contributed by atoms with Crippen molar-refractivity contribution in [3.05, 3.63) is 30.1 Å². The highest BCUT2D eigenvalue weighted by Crippen LogP contribution is 2.32. The van der Waals surface area contributed by atoms with Crippen molar-refractivity contribution in [1.82, 2.24) is 9.55 Å². The molecule has 0 unspecified atom stereocenters. The van der Waals surface area contributed by atoms with E-state index in [1.54, 1.807) is 32.2 Å². The molecule has 2 rings (SSSR count). The number of alkyl halides is 2. The number of hydrogen-bond donors (Lipinski definition) is 0. The Morgan fingerprint density at radius 3 is 2.72 bits per heavy atom. The Morgan fingerprint density at radius 2 is 2.06 bits per heavy atom. The smallest absolute Gasteiger partial charge is 0.307 e. The van der Waals surface area contributed by atoms with E-state index < -0.39 is 5.92 Å². The quantitative estimate of drug-likeness (QED) is 0.767. The first-order valence-electron chi connectivity index (χ1n) is 5.93. The van der Waals surface area contributed by atoms with Gasteiger partial charge in [-0.1, -0.05) is 12.1 Å². The minimum Gasteiger partial charge on any atom is -0.381 e. The number of halogens is 2. The van der Waals surface area contributed by atoms with Crippen LogP contribution in [0.5, 0.6) is 0 Å². The van der Waals surface area contributed by atoms with Gasteiger partial charge < -0.3 is 9.30 Å². The summed E-state index contributed by atoms with van der Waals surface area (Å²) in [5.41, 5.74) is 1.30. The summed E-state index contributed by atoms with van der Waals surface area (Å²) in [5, 5.41) is 0. The molecular formula is C13H16F2N2O. The van der Waals surface area contributed by atoms with Gasteiger partial charge in [0.05, 0.1) is 17.6 Å². The van der Waals surface area contributed by atoms with Crippen LogP contribution in [0.3, 0.4) is 0 Å². The summed E-state index contributed by atoms with van der Waals surface area (Å²) in [6.07, 6.45) is -0.349. The fraction of sp³-hybridized carbons (Fsp3) is 0.462. The van der Waals surface area contributed by atoms with Crippen LogP contribution in [0.2, 0.25) is 0 Å². The molecule has 0 spiro atoms. The van der Waals surface area contributed by atoms with Crippen LogP contribution in [-0.2, 0) is 17.7 Å². The number of aromatic nitrogens is 2. The molecule has 1 aromatic carbocycles.